The van der Waals surface area contributed by atoms with E-state index in [-0.39, 0.29) is 5.91 Å². The number of carbonyl (C=O) groups excluding carboxylic acids is 1. The van der Waals surface area contributed by atoms with Crippen LogP contribution >= 0.6 is 0 Å². The van der Waals surface area contributed by atoms with E-state index in [1.807, 2.05) is 29.9 Å². The Kier molecular flexibility index (Phi) is 4.52. The van der Waals surface area contributed by atoms with Gasteiger partial charge in [0.2, 0.25) is 5.91 Å². The number of amides is 1. The van der Waals surface area contributed by atoms with Crippen molar-refractivity contribution in [2.75, 3.05) is 20.3 Å². The number of carbonyl (C=O) groups is 1. The monoisotopic (exact) mass is 261 g/mol. The van der Waals surface area contributed by atoms with E-state index < -0.39 is 0 Å². The third-order valence-corrected chi connectivity index (χ3v) is 3.01. The van der Waals surface area contributed by atoms with Crippen molar-refractivity contribution in [2.24, 2.45) is 7.05 Å². The molecule has 0 aliphatic heterocycles. The number of aryl methyl sites for hydroxylation is 1. The first kappa shape index (κ1) is 13.5. The molecule has 0 radical (unpaired) electrons. The Morgan fingerprint density at radius 2 is 2.37 bits per heavy atom. The van der Waals surface area contributed by atoms with Crippen molar-refractivity contribution in [1.82, 2.24) is 14.9 Å². The van der Waals surface area contributed by atoms with Crippen LogP contribution in [0.25, 0.3) is 11.0 Å². The van der Waals surface area contributed by atoms with Gasteiger partial charge in [0.15, 0.2) is 0 Å². The Labute approximate surface area is 112 Å². The van der Waals surface area contributed by atoms with Crippen molar-refractivity contribution >= 4 is 16.9 Å². The fraction of sp³-hybridized carbons (Fsp3) is 0.429. The lowest BCUT2D eigenvalue weighted by atomic mass is 10.1. The van der Waals surface area contributed by atoms with E-state index in [2.05, 4.69) is 10.3 Å². The first-order chi connectivity index (χ1) is 9.22. The highest BCUT2D eigenvalue weighted by molar-refractivity contribution is 5.87. The number of aromatic nitrogens is 2. The van der Waals surface area contributed by atoms with Crippen LogP contribution in [0.3, 0.4) is 0 Å². The molecule has 1 amide bonds. The van der Waals surface area contributed by atoms with E-state index in [9.17, 15) is 4.79 Å². The molecule has 2 aromatic heterocycles. The van der Waals surface area contributed by atoms with E-state index in [1.54, 1.807) is 13.3 Å². The number of ether oxygens (including phenoxy) is 1. The number of nitrogens with one attached hydrogen (secondary N) is 1. The van der Waals surface area contributed by atoms with Crippen LogP contribution in [0, 0.1) is 0 Å². The van der Waals surface area contributed by atoms with E-state index in [1.165, 1.54) is 0 Å². The van der Waals surface area contributed by atoms with Gasteiger partial charge < -0.3 is 14.6 Å². The van der Waals surface area contributed by atoms with E-state index >= 15 is 0 Å². The van der Waals surface area contributed by atoms with Gasteiger partial charge in [-0.05, 0) is 24.1 Å². The zero-order valence-corrected chi connectivity index (χ0v) is 11.3. The van der Waals surface area contributed by atoms with Crippen molar-refractivity contribution in [2.45, 2.75) is 12.8 Å². The predicted molar refractivity (Wildman–Crippen MR) is 73.9 cm³/mol. The minimum Gasteiger partial charge on any atom is -0.385 e. The first-order valence-corrected chi connectivity index (χ1v) is 6.37. The van der Waals surface area contributed by atoms with Gasteiger partial charge in [-0.3, -0.25) is 4.79 Å². The Morgan fingerprint density at radius 1 is 1.53 bits per heavy atom. The average molecular weight is 261 g/mol. The molecule has 0 saturated carbocycles. The molecule has 0 fully saturated rings. The smallest absolute Gasteiger partial charge is 0.224 e. The topological polar surface area (TPSA) is 56.1 Å². The molecule has 2 aromatic rings. The molecule has 19 heavy (non-hydrogen) atoms. The van der Waals surface area contributed by atoms with Crippen molar-refractivity contribution < 1.29 is 9.53 Å². The molecule has 0 bridgehead atoms. The lowest BCUT2D eigenvalue weighted by Crippen LogP contribution is -2.26. The molecule has 0 aliphatic rings. The minimum absolute atomic E-state index is 0.0347. The Balaban J connectivity index is 1.99. The summed E-state index contributed by atoms with van der Waals surface area (Å²) in [5, 5.41) is 3.93. The van der Waals surface area contributed by atoms with Crippen molar-refractivity contribution in [3.63, 3.8) is 0 Å². The first-order valence-electron chi connectivity index (χ1n) is 6.37. The zero-order chi connectivity index (χ0) is 13.7. The summed E-state index contributed by atoms with van der Waals surface area (Å²) < 4.78 is 6.89. The fourth-order valence-corrected chi connectivity index (χ4v) is 2.11. The third-order valence-electron chi connectivity index (χ3n) is 3.01. The van der Waals surface area contributed by atoms with Crippen LogP contribution in [0.5, 0.6) is 0 Å². The van der Waals surface area contributed by atoms with Crippen LogP contribution in [0.1, 0.15) is 12.0 Å². The second-order valence-electron chi connectivity index (χ2n) is 4.51. The quantitative estimate of drug-likeness (QED) is 0.797. The molecule has 2 rings (SSSR count). The summed E-state index contributed by atoms with van der Waals surface area (Å²) in [6.45, 7) is 1.31. The second kappa shape index (κ2) is 6.33. The van der Waals surface area contributed by atoms with Gasteiger partial charge in [-0.25, -0.2) is 4.98 Å². The van der Waals surface area contributed by atoms with Crippen LogP contribution in [0.4, 0.5) is 0 Å². The molecule has 2 heterocycles. The Bertz CT molecular complexity index is 563. The zero-order valence-electron chi connectivity index (χ0n) is 11.3. The largest absolute Gasteiger partial charge is 0.385 e. The molecule has 0 atom stereocenters. The molecule has 0 spiro atoms. The lowest BCUT2D eigenvalue weighted by molar-refractivity contribution is -0.120. The van der Waals surface area contributed by atoms with Gasteiger partial charge in [-0.1, -0.05) is 0 Å². The van der Waals surface area contributed by atoms with Crippen LogP contribution < -0.4 is 5.32 Å². The number of pyridine rings is 1. The van der Waals surface area contributed by atoms with Gasteiger partial charge in [0.25, 0.3) is 0 Å². The Hall–Kier alpha value is -1.88. The molecule has 0 saturated heterocycles. The molecular formula is C14H19N3O2. The highest BCUT2D eigenvalue weighted by Crippen LogP contribution is 2.18. The molecule has 102 valence electrons. The van der Waals surface area contributed by atoms with Gasteiger partial charge in [-0.15, -0.1) is 0 Å². The summed E-state index contributed by atoms with van der Waals surface area (Å²) in [4.78, 5) is 16.2. The van der Waals surface area contributed by atoms with E-state index in [4.69, 9.17) is 4.74 Å². The number of hydrogen-bond donors (Lipinski definition) is 1. The molecule has 5 nitrogen and oxygen atoms in total. The third kappa shape index (κ3) is 3.32. The summed E-state index contributed by atoms with van der Waals surface area (Å²) in [6, 6.07) is 3.89. The average Bonchev–Trinajstić information content (AvgIpc) is 2.72. The maximum Gasteiger partial charge on any atom is 0.224 e. The van der Waals surface area contributed by atoms with Crippen LogP contribution in [-0.2, 0) is 23.0 Å². The number of fused-ring (bicyclic) bond motifs is 1. The Morgan fingerprint density at radius 3 is 3.16 bits per heavy atom. The second-order valence-corrected chi connectivity index (χ2v) is 4.51. The van der Waals surface area contributed by atoms with Gasteiger partial charge in [0.1, 0.15) is 5.65 Å². The molecule has 1 N–H and O–H groups in total. The summed E-state index contributed by atoms with van der Waals surface area (Å²) in [5.74, 6) is 0.0347. The fourth-order valence-electron chi connectivity index (χ4n) is 2.11. The van der Waals surface area contributed by atoms with E-state index in [0.717, 1.165) is 23.0 Å². The maximum atomic E-state index is 11.8. The molecule has 5 heteroatoms. The standard InChI is InChI=1S/C14H19N3O2/c1-17-10-11(12-5-3-6-16-14(12)17)9-13(18)15-7-4-8-19-2/h3,5-6,10H,4,7-9H2,1-2H3,(H,15,18). The predicted octanol–water partition coefficient (Wildman–Crippen LogP) is 1.27. The van der Waals surface area contributed by atoms with E-state index in [0.29, 0.717) is 19.6 Å². The molecular weight excluding hydrogens is 242 g/mol. The summed E-state index contributed by atoms with van der Waals surface area (Å²) in [6.07, 6.45) is 4.94. The van der Waals surface area contributed by atoms with Crippen molar-refractivity contribution in [3.05, 3.63) is 30.1 Å². The SMILES string of the molecule is COCCCNC(=O)Cc1cn(C)c2ncccc12. The minimum atomic E-state index is 0.0347. The molecule has 0 aromatic carbocycles. The summed E-state index contributed by atoms with van der Waals surface area (Å²) >= 11 is 0. The highest BCUT2D eigenvalue weighted by atomic mass is 16.5. The van der Waals surface area contributed by atoms with Crippen LogP contribution in [0.15, 0.2) is 24.5 Å². The summed E-state index contributed by atoms with van der Waals surface area (Å²) in [7, 11) is 3.60. The lowest BCUT2D eigenvalue weighted by Gasteiger charge is -2.04. The van der Waals surface area contributed by atoms with Crippen LogP contribution in [-0.4, -0.2) is 35.7 Å². The van der Waals surface area contributed by atoms with Gasteiger partial charge in [0.05, 0.1) is 6.42 Å². The number of nitrogens with zero attached hydrogens (tertiary/aromatic N) is 2. The highest BCUT2D eigenvalue weighted by Gasteiger charge is 2.10. The maximum absolute atomic E-state index is 11.8. The van der Waals surface area contributed by atoms with Gasteiger partial charge in [0, 0.05) is 45.1 Å². The number of rotatable bonds is 6. The van der Waals surface area contributed by atoms with Crippen molar-refractivity contribution in [1.29, 1.82) is 0 Å². The molecule has 0 unspecified atom stereocenters. The normalized spacial score (nSPS) is 10.8. The van der Waals surface area contributed by atoms with Gasteiger partial charge >= 0.3 is 0 Å². The van der Waals surface area contributed by atoms with Crippen molar-refractivity contribution in [3.8, 4) is 0 Å². The van der Waals surface area contributed by atoms with Gasteiger partial charge in [-0.2, -0.15) is 0 Å². The number of methoxy groups -OCH3 is 1. The number of hydrogen-bond acceptors (Lipinski definition) is 3. The van der Waals surface area contributed by atoms with Crippen LogP contribution in [0.2, 0.25) is 0 Å². The molecule has 0 aliphatic carbocycles. The summed E-state index contributed by atoms with van der Waals surface area (Å²) in [5.41, 5.74) is 1.92.